The number of ketones is 2. The number of benzene rings is 1. The van der Waals surface area contributed by atoms with Crippen LogP contribution in [-0.2, 0) is 59.6 Å². The van der Waals surface area contributed by atoms with Crippen LogP contribution in [0.1, 0.15) is 151 Å². The first-order valence-corrected chi connectivity index (χ1v) is 26.4. The number of rotatable bonds is 10. The third-order valence-electron chi connectivity index (χ3n) is 15.8. The molecule has 4 heterocycles. The molecule has 394 valence electrons. The van der Waals surface area contributed by atoms with E-state index in [-0.39, 0.29) is 60.0 Å². The maximum absolute atomic E-state index is 14.6. The summed E-state index contributed by atoms with van der Waals surface area (Å²) in [6.45, 7) is 18.9. The first kappa shape index (κ1) is 56.2. The van der Waals surface area contributed by atoms with Crippen molar-refractivity contribution in [3.05, 3.63) is 65.1 Å². The lowest BCUT2D eigenvalue weighted by Gasteiger charge is -2.47. The van der Waals surface area contributed by atoms with E-state index in [0.717, 1.165) is 41.1 Å². The lowest BCUT2D eigenvalue weighted by atomic mass is 9.82. The largest absolute Gasteiger partial charge is 0.456 e. The van der Waals surface area contributed by atoms with Crippen LogP contribution in [0.2, 0.25) is 0 Å². The topological polar surface area (TPSA) is 176 Å². The molecule has 1 aromatic heterocycles. The minimum atomic E-state index is -2.48. The monoisotopic (exact) mass is 988 g/mol. The number of ether oxygens (including phenoxy) is 6. The highest BCUT2D eigenvalue weighted by Gasteiger charge is 2.56. The van der Waals surface area contributed by atoms with E-state index in [1.165, 1.54) is 10.5 Å². The van der Waals surface area contributed by atoms with E-state index >= 15 is 0 Å². The molecule has 71 heavy (non-hydrogen) atoms. The van der Waals surface area contributed by atoms with Crippen LogP contribution >= 0.6 is 0 Å². The molecule has 14 heteroatoms. The van der Waals surface area contributed by atoms with Gasteiger partial charge in [-0.25, -0.2) is 9.78 Å². The van der Waals surface area contributed by atoms with Gasteiger partial charge in [0.2, 0.25) is 5.79 Å². The van der Waals surface area contributed by atoms with Crippen molar-refractivity contribution in [1.82, 2.24) is 14.9 Å². The molecule has 2 saturated heterocycles. The number of allylic oxidation sites excluding steroid dienone is 3. The third-order valence-corrected chi connectivity index (χ3v) is 15.8. The van der Waals surface area contributed by atoms with Crippen molar-refractivity contribution in [3.63, 3.8) is 0 Å². The molecular weight excluding hydrogens is 903 g/mol. The molecule has 1 amide bonds. The third kappa shape index (κ3) is 13.8. The Bertz CT molecular complexity index is 2180. The Hall–Kier alpha value is -4.05. The molecular formula is C57H85N3O11. The van der Waals surface area contributed by atoms with Gasteiger partial charge in [0.15, 0.2) is 0 Å². The zero-order valence-corrected chi connectivity index (χ0v) is 44.8. The van der Waals surface area contributed by atoms with Gasteiger partial charge >= 0.3 is 5.97 Å². The van der Waals surface area contributed by atoms with Crippen LogP contribution in [0.3, 0.4) is 0 Å². The predicted octanol–water partition coefficient (Wildman–Crippen LogP) is 9.41. The van der Waals surface area contributed by atoms with E-state index in [9.17, 15) is 24.3 Å². The smallest absolute Gasteiger partial charge is 0.329 e. The minimum Gasteiger partial charge on any atom is -0.456 e. The van der Waals surface area contributed by atoms with Crippen LogP contribution in [0, 0.1) is 29.6 Å². The number of H-pyrrole nitrogens is 1. The number of carbonyl (C=O) groups is 4. The Balaban J connectivity index is 1.22. The fourth-order valence-electron chi connectivity index (χ4n) is 11.5. The normalized spacial score (nSPS) is 34.5. The van der Waals surface area contributed by atoms with Gasteiger partial charge in [-0.2, -0.15) is 0 Å². The van der Waals surface area contributed by atoms with Gasteiger partial charge in [0.25, 0.3) is 11.7 Å². The van der Waals surface area contributed by atoms with Crippen molar-refractivity contribution in [2.24, 2.45) is 29.6 Å². The molecule has 2 N–H and O–H groups in total. The van der Waals surface area contributed by atoms with Crippen molar-refractivity contribution >= 4 is 23.4 Å². The quantitative estimate of drug-likeness (QED) is 0.131. The van der Waals surface area contributed by atoms with E-state index < -0.39 is 59.8 Å². The molecule has 13 atom stereocenters. The van der Waals surface area contributed by atoms with Crippen LogP contribution in [0.25, 0.3) is 11.3 Å². The van der Waals surface area contributed by atoms with Gasteiger partial charge < -0.3 is 43.4 Å². The number of aromatic amines is 1. The molecule has 4 aliphatic rings. The lowest BCUT2D eigenvalue weighted by Crippen LogP contribution is -2.64. The van der Waals surface area contributed by atoms with Crippen LogP contribution in [0.5, 0.6) is 0 Å². The Morgan fingerprint density at radius 1 is 0.915 bits per heavy atom. The number of amides is 1. The molecule has 1 aromatic carbocycles. The summed E-state index contributed by atoms with van der Waals surface area (Å²) >= 11 is 0. The van der Waals surface area contributed by atoms with Crippen LogP contribution in [-0.4, -0.2) is 120 Å². The highest BCUT2D eigenvalue weighted by molar-refractivity contribution is 6.39. The highest BCUT2D eigenvalue weighted by Crippen LogP contribution is 2.40. The molecule has 6 rings (SSSR count). The maximum Gasteiger partial charge on any atom is 0.329 e. The number of cyclic esters (lactones) is 1. The molecule has 2 bridgehead atoms. The molecule has 3 fully saturated rings. The summed E-state index contributed by atoms with van der Waals surface area (Å²) in [6, 6.07) is 7.45. The number of methoxy groups -OCH3 is 3. The summed E-state index contributed by atoms with van der Waals surface area (Å²) in [5.41, 5.74) is 5.16. The predicted molar refractivity (Wildman–Crippen MR) is 272 cm³/mol. The average Bonchev–Trinajstić information content (AvgIpc) is 3.84. The Kier molecular flexibility index (Phi) is 19.6. The van der Waals surface area contributed by atoms with E-state index in [2.05, 4.69) is 69.1 Å². The summed E-state index contributed by atoms with van der Waals surface area (Å²) in [5.74, 6) is -5.49. The number of aromatic nitrogens is 2. The molecule has 1 aliphatic carbocycles. The first-order valence-electron chi connectivity index (χ1n) is 26.4. The average molecular weight is 988 g/mol. The standard InChI is InChI=1S/C57H85N3O11/c1-13-40-27-34(2)26-35(3)28-48(67-11)52-49(68-12)30-38(6)57(65,71-52)53(62)54(63)60-25-15-14-16-44(60)55(64)70-51(36(4)17-23-45(40)61)37(5)29-39-18-24-46(47(31-39)66-10)69-33-50-58-32-43(59-50)41-19-21-42(22-20-41)56(7,8)9/h19-22,27,29,32,35-36,38-40,44,46-49,51-52,65H,13-18,23-26,28,30-31,33H2,1-12H3,(H,58,59)/b34-27+,37-29?. The summed E-state index contributed by atoms with van der Waals surface area (Å²) < 4.78 is 37.2. The second-order valence-electron chi connectivity index (χ2n) is 22.4. The molecule has 14 nitrogen and oxygen atoms in total. The first-order chi connectivity index (χ1) is 33.7. The van der Waals surface area contributed by atoms with Crippen molar-refractivity contribution in [1.29, 1.82) is 0 Å². The molecule has 1 saturated carbocycles. The fraction of sp³-hybridized carbons (Fsp3) is 0.702. The van der Waals surface area contributed by atoms with Gasteiger partial charge in [-0.3, -0.25) is 14.4 Å². The van der Waals surface area contributed by atoms with Crippen LogP contribution in [0.15, 0.2) is 53.8 Å². The summed E-state index contributed by atoms with van der Waals surface area (Å²) in [5, 5.41) is 12.2. The second kappa shape index (κ2) is 24.8. The van der Waals surface area contributed by atoms with Crippen LogP contribution < -0.4 is 0 Å². The molecule has 13 unspecified atom stereocenters. The van der Waals surface area contributed by atoms with E-state index in [1.54, 1.807) is 28.3 Å². The number of imidazole rings is 1. The molecule has 0 spiro atoms. The number of aliphatic hydroxyl groups is 1. The Labute approximate surface area is 423 Å². The van der Waals surface area contributed by atoms with Crippen LogP contribution in [0.4, 0.5) is 0 Å². The number of nitrogens with one attached hydrogen (secondary N) is 1. The number of hydrogen-bond donors (Lipinski definition) is 2. The second-order valence-corrected chi connectivity index (χ2v) is 22.4. The summed E-state index contributed by atoms with van der Waals surface area (Å²) in [7, 11) is 4.82. The number of fused-ring (bicyclic) bond motifs is 3. The van der Waals surface area contributed by atoms with Gasteiger partial charge in [0, 0.05) is 57.9 Å². The van der Waals surface area contributed by atoms with E-state index in [4.69, 9.17) is 33.4 Å². The van der Waals surface area contributed by atoms with Crippen molar-refractivity contribution in [2.75, 3.05) is 27.9 Å². The number of Topliss-reactive ketones (excluding diaryl/α,β-unsaturated/α-hetero) is 2. The fourth-order valence-corrected chi connectivity index (χ4v) is 11.5. The number of nitrogens with zero attached hydrogens (tertiary/aromatic N) is 2. The maximum atomic E-state index is 14.6. The number of hydrogen-bond acceptors (Lipinski definition) is 12. The molecule has 3 aliphatic heterocycles. The lowest BCUT2D eigenvalue weighted by molar-refractivity contribution is -0.302. The zero-order chi connectivity index (χ0) is 51.8. The highest BCUT2D eigenvalue weighted by atomic mass is 16.7. The van der Waals surface area contributed by atoms with E-state index in [0.29, 0.717) is 64.4 Å². The van der Waals surface area contributed by atoms with Gasteiger partial charge in [-0.15, -0.1) is 0 Å². The van der Waals surface area contributed by atoms with Crippen molar-refractivity contribution in [3.8, 4) is 11.3 Å². The van der Waals surface area contributed by atoms with Gasteiger partial charge in [-0.1, -0.05) is 90.5 Å². The van der Waals surface area contributed by atoms with Gasteiger partial charge in [0.1, 0.15) is 36.5 Å². The Morgan fingerprint density at radius 3 is 2.27 bits per heavy atom. The number of carbonyl (C=O) groups excluding carboxylic acids is 4. The van der Waals surface area contributed by atoms with E-state index in [1.807, 2.05) is 33.9 Å². The van der Waals surface area contributed by atoms with Gasteiger partial charge in [0.05, 0.1) is 30.1 Å². The Morgan fingerprint density at radius 2 is 1.61 bits per heavy atom. The summed E-state index contributed by atoms with van der Waals surface area (Å²) in [6.07, 6.45) is 9.77. The van der Waals surface area contributed by atoms with Crippen molar-refractivity contribution in [2.45, 2.75) is 200 Å². The number of piperidine rings is 1. The number of esters is 1. The zero-order valence-electron chi connectivity index (χ0n) is 44.8. The van der Waals surface area contributed by atoms with Crippen molar-refractivity contribution < 1.29 is 52.7 Å². The molecule has 0 radical (unpaired) electrons. The SMILES string of the molecule is CCC1/C=C(\C)CC(C)CC(OC)C2OC(O)(C(=O)C(=O)N3CCCCC3C(=O)OC(C(C)=CC3CCC(OCc4nc(-c5ccc(C(C)(C)C)cc5)c[nH]4)C(OC)C3)C(C)CCC1=O)C(C)CC2OC. The minimum absolute atomic E-state index is 0.0674. The van der Waals surface area contributed by atoms with Gasteiger partial charge in [-0.05, 0) is 119 Å². The molecule has 2 aromatic rings. The summed E-state index contributed by atoms with van der Waals surface area (Å²) in [4.78, 5) is 66.8.